The van der Waals surface area contributed by atoms with E-state index in [1.165, 1.54) is 0 Å². The van der Waals surface area contributed by atoms with Crippen LogP contribution in [0, 0.1) is 5.92 Å². The van der Waals surface area contributed by atoms with Crippen molar-refractivity contribution >= 4 is 27.7 Å². The molecule has 0 spiro atoms. The van der Waals surface area contributed by atoms with Crippen molar-refractivity contribution in [2.24, 2.45) is 5.92 Å². The second-order valence-electron chi connectivity index (χ2n) is 5.86. The number of amides is 2. The molecule has 2 aromatic rings. The fraction of sp³-hybridized carbons (Fsp3) is 0.263. The van der Waals surface area contributed by atoms with Gasteiger partial charge in [-0.15, -0.1) is 0 Å². The van der Waals surface area contributed by atoms with Crippen LogP contribution in [0.2, 0.25) is 0 Å². The molecular formula is C19H18BrNO3. The molecule has 3 rings (SSSR count). The van der Waals surface area contributed by atoms with Crippen molar-refractivity contribution in [2.45, 2.75) is 18.8 Å². The highest BCUT2D eigenvalue weighted by Gasteiger charge is 2.35. The first-order chi connectivity index (χ1) is 11.6. The second kappa shape index (κ2) is 7.18. The molecule has 0 bridgehead atoms. The van der Waals surface area contributed by atoms with Gasteiger partial charge in [0.1, 0.15) is 5.75 Å². The smallest absolute Gasteiger partial charge is 0.230 e. The number of imide groups is 1. The number of halogens is 1. The standard InChI is InChI=1S/C19H18BrNO3/c1-24-15-8-4-13(5-9-15)18(12-2-6-14(20)7-3-12)16-10-11-17(22)21-19(16)23/h2-9,16,18H,10-11H2,1H3,(H,21,22,23). The number of nitrogens with one attached hydrogen (secondary N) is 1. The number of ether oxygens (including phenoxy) is 1. The van der Waals surface area contributed by atoms with Gasteiger partial charge in [-0.2, -0.15) is 0 Å². The zero-order valence-electron chi connectivity index (χ0n) is 13.3. The molecule has 2 atom stereocenters. The molecule has 2 unspecified atom stereocenters. The Morgan fingerprint density at radius 2 is 1.62 bits per heavy atom. The number of benzene rings is 2. The van der Waals surface area contributed by atoms with Gasteiger partial charge in [0.25, 0.3) is 0 Å². The monoisotopic (exact) mass is 387 g/mol. The SMILES string of the molecule is COc1ccc(C(c2ccc(Br)cc2)C2CCC(=O)NC2=O)cc1. The minimum atomic E-state index is -0.266. The van der Waals surface area contributed by atoms with Crippen LogP contribution in [0.25, 0.3) is 0 Å². The number of hydrogen-bond donors (Lipinski definition) is 1. The summed E-state index contributed by atoms with van der Waals surface area (Å²) in [7, 11) is 1.63. The Bertz CT molecular complexity index is 740. The zero-order chi connectivity index (χ0) is 17.1. The maximum atomic E-state index is 12.4. The van der Waals surface area contributed by atoms with Crippen molar-refractivity contribution in [3.63, 3.8) is 0 Å². The minimum absolute atomic E-state index is 0.0999. The molecule has 1 heterocycles. The molecule has 0 radical (unpaired) electrons. The van der Waals surface area contributed by atoms with Crippen LogP contribution in [-0.4, -0.2) is 18.9 Å². The molecule has 4 nitrogen and oxygen atoms in total. The molecule has 2 aromatic carbocycles. The topological polar surface area (TPSA) is 55.4 Å². The Morgan fingerprint density at radius 3 is 2.17 bits per heavy atom. The number of carbonyl (C=O) groups is 2. The van der Waals surface area contributed by atoms with Crippen LogP contribution in [0.3, 0.4) is 0 Å². The van der Waals surface area contributed by atoms with E-state index in [-0.39, 0.29) is 23.7 Å². The lowest BCUT2D eigenvalue weighted by molar-refractivity contribution is -0.136. The average molecular weight is 388 g/mol. The highest BCUT2D eigenvalue weighted by Crippen LogP contribution is 2.37. The van der Waals surface area contributed by atoms with Crippen LogP contribution in [0.1, 0.15) is 29.9 Å². The van der Waals surface area contributed by atoms with E-state index < -0.39 is 0 Å². The van der Waals surface area contributed by atoms with Crippen LogP contribution >= 0.6 is 15.9 Å². The van der Waals surface area contributed by atoms with E-state index >= 15 is 0 Å². The molecule has 0 aromatic heterocycles. The lowest BCUT2D eigenvalue weighted by Gasteiger charge is -2.30. The van der Waals surface area contributed by atoms with Crippen molar-refractivity contribution < 1.29 is 14.3 Å². The van der Waals surface area contributed by atoms with Gasteiger partial charge in [0, 0.05) is 22.7 Å². The Balaban J connectivity index is 2.01. The Labute approximate surface area is 149 Å². The van der Waals surface area contributed by atoms with Crippen LogP contribution in [0.4, 0.5) is 0 Å². The van der Waals surface area contributed by atoms with Gasteiger partial charge >= 0.3 is 0 Å². The molecule has 2 amide bonds. The van der Waals surface area contributed by atoms with Crippen molar-refractivity contribution in [3.8, 4) is 5.75 Å². The second-order valence-corrected chi connectivity index (χ2v) is 6.78. The maximum Gasteiger partial charge on any atom is 0.230 e. The molecule has 24 heavy (non-hydrogen) atoms. The van der Waals surface area contributed by atoms with E-state index in [4.69, 9.17) is 4.74 Å². The minimum Gasteiger partial charge on any atom is -0.497 e. The Kier molecular flexibility index (Phi) is 5.00. The Hall–Kier alpha value is -2.14. The third-order valence-corrected chi connectivity index (χ3v) is 4.92. The fourth-order valence-electron chi connectivity index (χ4n) is 3.17. The number of piperidine rings is 1. The number of rotatable bonds is 4. The molecule has 1 N–H and O–H groups in total. The van der Waals surface area contributed by atoms with Gasteiger partial charge in [-0.05, 0) is 41.8 Å². The highest BCUT2D eigenvalue weighted by atomic mass is 79.9. The summed E-state index contributed by atoms with van der Waals surface area (Å²) in [5.41, 5.74) is 2.09. The molecule has 1 aliphatic heterocycles. The highest BCUT2D eigenvalue weighted by molar-refractivity contribution is 9.10. The summed E-state index contributed by atoms with van der Waals surface area (Å²) in [6, 6.07) is 15.7. The van der Waals surface area contributed by atoms with Gasteiger partial charge in [-0.1, -0.05) is 40.2 Å². The summed E-state index contributed by atoms with van der Waals surface area (Å²) >= 11 is 3.44. The van der Waals surface area contributed by atoms with Crippen LogP contribution in [-0.2, 0) is 9.59 Å². The first-order valence-electron chi connectivity index (χ1n) is 7.81. The lowest BCUT2D eigenvalue weighted by Crippen LogP contribution is -2.43. The number of hydrogen-bond acceptors (Lipinski definition) is 3. The molecule has 1 fully saturated rings. The van der Waals surface area contributed by atoms with Gasteiger partial charge < -0.3 is 4.74 Å². The van der Waals surface area contributed by atoms with Gasteiger partial charge in [0.2, 0.25) is 11.8 Å². The van der Waals surface area contributed by atoms with Crippen molar-refractivity contribution in [1.29, 1.82) is 0 Å². The fourth-order valence-corrected chi connectivity index (χ4v) is 3.43. The summed E-state index contributed by atoms with van der Waals surface area (Å²) in [4.78, 5) is 23.9. The molecule has 1 saturated heterocycles. The molecule has 0 aliphatic carbocycles. The van der Waals surface area contributed by atoms with Crippen LogP contribution in [0.5, 0.6) is 5.75 Å². The van der Waals surface area contributed by atoms with E-state index in [0.29, 0.717) is 12.8 Å². The van der Waals surface area contributed by atoms with Gasteiger partial charge in [0.05, 0.1) is 7.11 Å². The van der Waals surface area contributed by atoms with Crippen LogP contribution in [0.15, 0.2) is 53.0 Å². The van der Waals surface area contributed by atoms with E-state index in [1.807, 2.05) is 48.5 Å². The maximum absolute atomic E-state index is 12.4. The molecule has 5 heteroatoms. The third kappa shape index (κ3) is 3.51. The zero-order valence-corrected chi connectivity index (χ0v) is 14.9. The average Bonchev–Trinajstić information content (AvgIpc) is 2.59. The summed E-state index contributed by atoms with van der Waals surface area (Å²) in [5.74, 6) is 0.0153. The quantitative estimate of drug-likeness (QED) is 0.814. The van der Waals surface area contributed by atoms with Gasteiger partial charge in [-0.25, -0.2) is 0 Å². The number of methoxy groups -OCH3 is 1. The largest absolute Gasteiger partial charge is 0.497 e. The predicted octanol–water partition coefficient (Wildman–Crippen LogP) is 3.64. The van der Waals surface area contributed by atoms with E-state index in [2.05, 4.69) is 21.2 Å². The summed E-state index contributed by atoms with van der Waals surface area (Å²) in [5, 5.41) is 2.47. The van der Waals surface area contributed by atoms with E-state index in [9.17, 15) is 9.59 Å². The van der Waals surface area contributed by atoms with Crippen LogP contribution < -0.4 is 10.1 Å². The summed E-state index contributed by atoms with van der Waals surface area (Å²) < 4.78 is 6.21. The van der Waals surface area contributed by atoms with E-state index in [0.717, 1.165) is 21.3 Å². The Morgan fingerprint density at radius 1 is 1.04 bits per heavy atom. The predicted molar refractivity (Wildman–Crippen MR) is 94.9 cm³/mol. The third-order valence-electron chi connectivity index (χ3n) is 4.39. The van der Waals surface area contributed by atoms with Crippen molar-refractivity contribution in [2.75, 3.05) is 7.11 Å². The van der Waals surface area contributed by atoms with Crippen molar-refractivity contribution in [1.82, 2.24) is 5.32 Å². The first kappa shape index (κ1) is 16.7. The lowest BCUT2D eigenvalue weighted by atomic mass is 9.77. The number of carbonyl (C=O) groups excluding carboxylic acids is 2. The van der Waals surface area contributed by atoms with E-state index in [1.54, 1.807) is 7.11 Å². The van der Waals surface area contributed by atoms with Crippen molar-refractivity contribution in [3.05, 3.63) is 64.1 Å². The summed E-state index contributed by atoms with van der Waals surface area (Å²) in [6.07, 6.45) is 0.928. The van der Waals surface area contributed by atoms with Gasteiger partial charge in [-0.3, -0.25) is 14.9 Å². The normalized spacial score (nSPS) is 18.8. The molecule has 0 saturated carbocycles. The first-order valence-corrected chi connectivity index (χ1v) is 8.61. The molecule has 1 aliphatic rings. The van der Waals surface area contributed by atoms with Gasteiger partial charge in [0.15, 0.2) is 0 Å². The summed E-state index contributed by atoms with van der Waals surface area (Å²) in [6.45, 7) is 0. The molecule has 124 valence electrons. The molecular weight excluding hydrogens is 370 g/mol.